The number of carbonyl (C=O) groups is 1. The van der Waals surface area contributed by atoms with Crippen LogP contribution in [0.15, 0.2) is 12.3 Å². The van der Waals surface area contributed by atoms with Crippen LogP contribution in [-0.2, 0) is 4.74 Å². The van der Waals surface area contributed by atoms with Gasteiger partial charge in [0.05, 0.1) is 10.6 Å². The number of amides is 1. The monoisotopic (exact) mass is 276 g/mol. The summed E-state index contributed by atoms with van der Waals surface area (Å²) < 4.78 is 5.15. The number of nitrogens with one attached hydrogen (secondary N) is 1. The lowest BCUT2D eigenvalue weighted by Gasteiger charge is -2.05. The van der Waals surface area contributed by atoms with Crippen molar-refractivity contribution in [3.8, 4) is 0 Å². The molecular formula is C11H14Cl2N2O2. The molecule has 1 amide bonds. The molecule has 0 aliphatic heterocycles. The summed E-state index contributed by atoms with van der Waals surface area (Å²) in [7, 11) is 0. The molecule has 0 aromatic carbocycles. The molecule has 0 bridgehead atoms. The quantitative estimate of drug-likeness (QED) is 0.642. The first kappa shape index (κ1) is 14.2. The number of ether oxygens (including phenoxy) is 1. The molecule has 4 nitrogen and oxygen atoms in total. The number of pyridine rings is 1. The predicted molar refractivity (Wildman–Crippen MR) is 67.7 cm³/mol. The van der Waals surface area contributed by atoms with E-state index in [0.29, 0.717) is 25.3 Å². The van der Waals surface area contributed by atoms with Crippen molar-refractivity contribution in [3.05, 3.63) is 28.0 Å². The summed E-state index contributed by atoms with van der Waals surface area (Å²) in [4.78, 5) is 15.5. The molecule has 94 valence electrons. The minimum Gasteiger partial charge on any atom is -0.382 e. The van der Waals surface area contributed by atoms with Gasteiger partial charge in [0, 0.05) is 26.0 Å². The van der Waals surface area contributed by atoms with E-state index in [9.17, 15) is 4.79 Å². The fourth-order valence-corrected chi connectivity index (χ4v) is 1.44. The fourth-order valence-electron chi connectivity index (χ4n) is 1.17. The van der Waals surface area contributed by atoms with E-state index in [4.69, 9.17) is 27.9 Å². The van der Waals surface area contributed by atoms with Crippen LogP contribution in [0.1, 0.15) is 23.7 Å². The Kier molecular flexibility index (Phi) is 6.26. The van der Waals surface area contributed by atoms with Gasteiger partial charge in [-0.25, -0.2) is 4.98 Å². The van der Waals surface area contributed by atoms with E-state index in [-0.39, 0.29) is 16.1 Å². The standard InChI is InChI=1S/C11H14Cl2N2O2/c1-2-17-5-3-4-14-11(16)8-6-9(12)10(13)15-7-8/h6-7H,2-5H2,1H3,(H,14,16). The Balaban J connectivity index is 2.39. The highest BCUT2D eigenvalue weighted by Gasteiger charge is 2.08. The third-order valence-corrected chi connectivity index (χ3v) is 2.70. The Labute approximate surface area is 110 Å². The zero-order valence-electron chi connectivity index (χ0n) is 9.50. The highest BCUT2D eigenvalue weighted by molar-refractivity contribution is 6.41. The average Bonchev–Trinajstić information content (AvgIpc) is 2.32. The lowest BCUT2D eigenvalue weighted by molar-refractivity contribution is 0.0944. The van der Waals surface area contributed by atoms with Gasteiger partial charge in [-0.1, -0.05) is 23.2 Å². The van der Waals surface area contributed by atoms with Crippen LogP contribution in [0, 0.1) is 0 Å². The number of carbonyl (C=O) groups excluding carboxylic acids is 1. The van der Waals surface area contributed by atoms with E-state index in [1.165, 1.54) is 12.3 Å². The normalized spacial score (nSPS) is 10.3. The van der Waals surface area contributed by atoms with Crippen LogP contribution >= 0.6 is 23.2 Å². The van der Waals surface area contributed by atoms with Crippen molar-refractivity contribution in [2.45, 2.75) is 13.3 Å². The summed E-state index contributed by atoms with van der Waals surface area (Å²) in [5.41, 5.74) is 0.399. The van der Waals surface area contributed by atoms with Gasteiger partial charge in [0.15, 0.2) is 0 Å². The summed E-state index contributed by atoms with van der Waals surface area (Å²) in [6.45, 7) is 3.81. The van der Waals surface area contributed by atoms with E-state index in [1.807, 2.05) is 6.92 Å². The van der Waals surface area contributed by atoms with Gasteiger partial charge in [-0.05, 0) is 19.4 Å². The van der Waals surface area contributed by atoms with Crippen LogP contribution in [0.2, 0.25) is 10.2 Å². The van der Waals surface area contributed by atoms with Crippen LogP contribution in [0.4, 0.5) is 0 Å². The van der Waals surface area contributed by atoms with Crippen LogP contribution in [-0.4, -0.2) is 30.6 Å². The first-order valence-electron chi connectivity index (χ1n) is 5.32. The molecule has 0 saturated carbocycles. The Bertz CT molecular complexity index is 386. The van der Waals surface area contributed by atoms with Crippen molar-refractivity contribution in [1.82, 2.24) is 10.3 Å². The minimum atomic E-state index is -0.215. The number of nitrogens with zero attached hydrogens (tertiary/aromatic N) is 1. The Morgan fingerprint density at radius 3 is 2.94 bits per heavy atom. The van der Waals surface area contributed by atoms with Crippen LogP contribution < -0.4 is 5.32 Å². The Morgan fingerprint density at radius 1 is 1.53 bits per heavy atom. The Hall–Kier alpha value is -0.840. The molecule has 0 aliphatic rings. The van der Waals surface area contributed by atoms with Crippen LogP contribution in [0.3, 0.4) is 0 Å². The second-order valence-electron chi connectivity index (χ2n) is 3.30. The molecule has 0 unspecified atom stereocenters. The second kappa shape index (κ2) is 7.48. The van der Waals surface area contributed by atoms with Gasteiger partial charge in [0.1, 0.15) is 5.15 Å². The van der Waals surface area contributed by atoms with Gasteiger partial charge in [0.2, 0.25) is 0 Å². The molecule has 1 aromatic rings. The van der Waals surface area contributed by atoms with Gasteiger partial charge < -0.3 is 10.1 Å². The molecule has 1 heterocycles. The van der Waals surface area contributed by atoms with E-state index in [0.717, 1.165) is 6.42 Å². The average molecular weight is 277 g/mol. The molecular weight excluding hydrogens is 263 g/mol. The molecule has 0 atom stereocenters. The first-order valence-corrected chi connectivity index (χ1v) is 6.07. The topological polar surface area (TPSA) is 51.2 Å². The van der Waals surface area contributed by atoms with Gasteiger partial charge in [0.25, 0.3) is 5.91 Å². The zero-order valence-corrected chi connectivity index (χ0v) is 11.0. The smallest absolute Gasteiger partial charge is 0.252 e. The van der Waals surface area contributed by atoms with Crippen molar-refractivity contribution in [2.75, 3.05) is 19.8 Å². The number of hydrogen-bond donors (Lipinski definition) is 1. The maximum Gasteiger partial charge on any atom is 0.252 e. The molecule has 0 saturated heterocycles. The van der Waals surface area contributed by atoms with Crippen molar-refractivity contribution < 1.29 is 9.53 Å². The maximum atomic E-state index is 11.6. The molecule has 17 heavy (non-hydrogen) atoms. The van der Waals surface area contributed by atoms with Crippen LogP contribution in [0.25, 0.3) is 0 Å². The highest BCUT2D eigenvalue weighted by Crippen LogP contribution is 2.19. The Morgan fingerprint density at radius 2 is 2.29 bits per heavy atom. The zero-order chi connectivity index (χ0) is 12.7. The van der Waals surface area contributed by atoms with Crippen molar-refractivity contribution in [2.24, 2.45) is 0 Å². The molecule has 1 aromatic heterocycles. The SMILES string of the molecule is CCOCCCNC(=O)c1cnc(Cl)c(Cl)c1. The largest absolute Gasteiger partial charge is 0.382 e. The molecule has 0 fully saturated rings. The summed E-state index contributed by atoms with van der Waals surface area (Å²) in [6.07, 6.45) is 2.17. The summed E-state index contributed by atoms with van der Waals surface area (Å²) in [6, 6.07) is 1.49. The predicted octanol–water partition coefficient (Wildman–Crippen LogP) is 2.54. The number of halogens is 2. The van der Waals surface area contributed by atoms with Crippen molar-refractivity contribution in [1.29, 1.82) is 0 Å². The summed E-state index contributed by atoms with van der Waals surface area (Å²) in [5.74, 6) is -0.215. The van der Waals surface area contributed by atoms with Crippen molar-refractivity contribution in [3.63, 3.8) is 0 Å². The molecule has 1 rings (SSSR count). The van der Waals surface area contributed by atoms with Gasteiger partial charge in [-0.3, -0.25) is 4.79 Å². The summed E-state index contributed by atoms with van der Waals surface area (Å²) in [5, 5.41) is 3.21. The number of hydrogen-bond acceptors (Lipinski definition) is 3. The fraction of sp³-hybridized carbons (Fsp3) is 0.455. The summed E-state index contributed by atoms with van der Waals surface area (Å²) >= 11 is 11.4. The number of rotatable bonds is 6. The number of aromatic nitrogens is 1. The maximum absolute atomic E-state index is 11.6. The molecule has 0 spiro atoms. The van der Waals surface area contributed by atoms with Gasteiger partial charge >= 0.3 is 0 Å². The van der Waals surface area contributed by atoms with Gasteiger partial charge in [-0.2, -0.15) is 0 Å². The van der Waals surface area contributed by atoms with E-state index >= 15 is 0 Å². The third kappa shape index (κ3) is 4.89. The van der Waals surface area contributed by atoms with Gasteiger partial charge in [-0.15, -0.1) is 0 Å². The minimum absolute atomic E-state index is 0.194. The third-order valence-electron chi connectivity index (χ3n) is 2.01. The molecule has 6 heteroatoms. The van der Waals surface area contributed by atoms with Crippen molar-refractivity contribution >= 4 is 29.1 Å². The second-order valence-corrected chi connectivity index (χ2v) is 4.07. The molecule has 1 N–H and O–H groups in total. The van der Waals surface area contributed by atoms with E-state index in [2.05, 4.69) is 10.3 Å². The lowest BCUT2D eigenvalue weighted by Crippen LogP contribution is -2.25. The van der Waals surface area contributed by atoms with E-state index < -0.39 is 0 Å². The van der Waals surface area contributed by atoms with Crippen LogP contribution in [0.5, 0.6) is 0 Å². The van der Waals surface area contributed by atoms with E-state index in [1.54, 1.807) is 0 Å². The first-order chi connectivity index (χ1) is 8.15. The molecule has 0 aliphatic carbocycles. The highest BCUT2D eigenvalue weighted by atomic mass is 35.5. The lowest BCUT2D eigenvalue weighted by atomic mass is 10.2. The molecule has 0 radical (unpaired) electrons.